The van der Waals surface area contributed by atoms with Gasteiger partial charge in [-0.25, -0.2) is 0 Å². The maximum Gasteiger partial charge on any atom is 0.224 e. The summed E-state index contributed by atoms with van der Waals surface area (Å²) in [5.41, 5.74) is 9.61. The van der Waals surface area contributed by atoms with Gasteiger partial charge in [0.25, 0.3) is 0 Å². The van der Waals surface area contributed by atoms with Crippen molar-refractivity contribution in [3.05, 3.63) is 103 Å². The van der Waals surface area contributed by atoms with Crippen molar-refractivity contribution in [1.29, 1.82) is 0 Å². The molecular weight excluding hydrogens is 518 g/mol. The Labute approximate surface area is 255 Å². The summed E-state index contributed by atoms with van der Waals surface area (Å²) in [4.78, 5) is 24.0. The van der Waals surface area contributed by atoms with Crippen LogP contribution in [0.25, 0.3) is 0 Å². The molecule has 42 heavy (non-hydrogen) atoms. The summed E-state index contributed by atoms with van der Waals surface area (Å²) < 4.78 is 0. The minimum absolute atomic E-state index is 0.115. The average Bonchev–Trinajstić information content (AvgIpc) is 3.00. The lowest BCUT2D eigenvalue weighted by Gasteiger charge is -2.30. The SMILES string of the molecule is C=C1CCCCN1c1ccccc1.CCCCCC(=O)Nc1ccccc1.CCCCCC(C)=O.Nc1ccccc1. The number of rotatable bonds is 10. The number of hydrogen-bond acceptors (Lipinski definition) is 4. The van der Waals surface area contributed by atoms with E-state index in [4.69, 9.17) is 5.73 Å². The van der Waals surface area contributed by atoms with Crippen LogP contribution in [-0.4, -0.2) is 18.2 Å². The van der Waals surface area contributed by atoms with Gasteiger partial charge in [-0.05, 0) is 75.4 Å². The summed E-state index contributed by atoms with van der Waals surface area (Å²) in [5, 5.41) is 2.86. The van der Waals surface area contributed by atoms with Gasteiger partial charge in [0.05, 0.1) is 0 Å². The number of nitrogens with zero attached hydrogens (tertiary/aromatic N) is 1. The Balaban J connectivity index is 0.000000292. The lowest BCUT2D eigenvalue weighted by molar-refractivity contribution is -0.117. The molecule has 3 aromatic carbocycles. The third-order valence-electron chi connectivity index (χ3n) is 6.54. The molecule has 0 saturated carbocycles. The molecule has 5 nitrogen and oxygen atoms in total. The van der Waals surface area contributed by atoms with Crippen molar-refractivity contribution in [3.8, 4) is 0 Å². The van der Waals surface area contributed by atoms with Crippen LogP contribution < -0.4 is 16.0 Å². The fraction of sp³-hybridized carbons (Fsp3) is 0.405. The van der Waals surface area contributed by atoms with E-state index < -0.39 is 0 Å². The van der Waals surface area contributed by atoms with E-state index in [-0.39, 0.29) is 5.91 Å². The maximum atomic E-state index is 11.4. The molecule has 3 aromatic rings. The second-order valence-electron chi connectivity index (χ2n) is 10.5. The lowest BCUT2D eigenvalue weighted by Crippen LogP contribution is -2.26. The van der Waals surface area contributed by atoms with Crippen LogP contribution in [0.3, 0.4) is 0 Å². The monoisotopic (exact) mass is 571 g/mol. The number of carbonyl (C=O) groups excluding carboxylic acids is 2. The molecule has 0 aromatic heterocycles. The number of allylic oxidation sites excluding steroid dienone is 1. The van der Waals surface area contributed by atoms with Gasteiger partial charge in [0.15, 0.2) is 0 Å². The van der Waals surface area contributed by atoms with E-state index in [1.54, 1.807) is 6.92 Å². The number of nitrogens with one attached hydrogen (secondary N) is 1. The number of unbranched alkanes of at least 4 members (excludes halogenated alkanes) is 4. The Kier molecular flexibility index (Phi) is 20.5. The lowest BCUT2D eigenvalue weighted by atomic mass is 10.1. The predicted octanol–water partition coefficient (Wildman–Crippen LogP) is 9.82. The molecule has 3 N–H and O–H groups in total. The Bertz CT molecular complexity index is 1100. The van der Waals surface area contributed by atoms with Gasteiger partial charge in [-0.3, -0.25) is 4.79 Å². The fourth-order valence-corrected chi connectivity index (χ4v) is 4.17. The highest BCUT2D eigenvalue weighted by atomic mass is 16.1. The summed E-state index contributed by atoms with van der Waals surface area (Å²) in [6.07, 6.45) is 11.9. The summed E-state index contributed by atoms with van der Waals surface area (Å²) in [5.74, 6) is 0.433. The topological polar surface area (TPSA) is 75.4 Å². The van der Waals surface area contributed by atoms with Gasteiger partial charge in [0, 0.05) is 42.1 Å². The van der Waals surface area contributed by atoms with Crippen molar-refractivity contribution >= 4 is 28.8 Å². The standard InChI is InChI=1S/C12H17NO.C12H15N.C7H14O.C6H7N/c1-2-3-5-10-12(14)13-11-8-6-4-7-9-11;1-11-7-5-6-10-13(11)12-8-3-2-4-9-12;1-3-4-5-6-7(2)8;7-6-4-2-1-3-5-6/h4,6-9H,2-3,5,10H2,1H3,(H,13,14);2-4,8-9H,1,5-7,10H2;3-6H2,1-2H3;1-5H,7H2. The second kappa shape index (κ2) is 23.8. The highest BCUT2D eigenvalue weighted by molar-refractivity contribution is 5.90. The van der Waals surface area contributed by atoms with Crippen molar-refractivity contribution in [2.75, 3.05) is 22.5 Å². The molecule has 0 radical (unpaired) electrons. The van der Waals surface area contributed by atoms with Crippen LogP contribution >= 0.6 is 0 Å². The van der Waals surface area contributed by atoms with E-state index in [1.807, 2.05) is 60.7 Å². The van der Waals surface area contributed by atoms with Crippen molar-refractivity contribution < 1.29 is 9.59 Å². The van der Waals surface area contributed by atoms with Gasteiger partial charge in [-0.1, -0.05) is 101 Å². The van der Waals surface area contributed by atoms with Crippen molar-refractivity contribution in [1.82, 2.24) is 0 Å². The molecule has 0 unspecified atom stereocenters. The number of amides is 1. The summed E-state index contributed by atoms with van der Waals surface area (Å²) in [6.45, 7) is 11.1. The van der Waals surface area contributed by atoms with Gasteiger partial charge in [0.2, 0.25) is 5.91 Å². The van der Waals surface area contributed by atoms with Crippen LogP contribution in [0.4, 0.5) is 17.1 Å². The maximum absolute atomic E-state index is 11.4. The summed E-state index contributed by atoms with van der Waals surface area (Å²) >= 11 is 0. The molecule has 1 heterocycles. The van der Waals surface area contributed by atoms with Gasteiger partial charge in [-0.2, -0.15) is 0 Å². The third-order valence-corrected chi connectivity index (χ3v) is 6.54. The number of Topliss-reactive ketones (excluding diaryl/α,β-unsaturated/α-hetero) is 1. The molecule has 0 aliphatic carbocycles. The molecule has 5 heteroatoms. The number of carbonyl (C=O) groups is 2. The molecule has 1 aliphatic heterocycles. The highest BCUT2D eigenvalue weighted by Crippen LogP contribution is 2.25. The number of nitrogen functional groups attached to an aromatic ring is 1. The first-order chi connectivity index (χ1) is 20.4. The first-order valence-electron chi connectivity index (χ1n) is 15.5. The molecule has 0 spiro atoms. The van der Waals surface area contributed by atoms with Crippen LogP contribution in [0.5, 0.6) is 0 Å². The van der Waals surface area contributed by atoms with E-state index in [2.05, 4.69) is 61.0 Å². The van der Waals surface area contributed by atoms with E-state index in [0.717, 1.165) is 56.4 Å². The predicted molar refractivity (Wildman–Crippen MR) is 182 cm³/mol. The minimum atomic E-state index is 0.115. The van der Waals surface area contributed by atoms with Crippen LogP contribution in [0.1, 0.15) is 91.4 Å². The van der Waals surface area contributed by atoms with Gasteiger partial charge >= 0.3 is 0 Å². The van der Waals surface area contributed by atoms with Crippen LogP contribution in [0, 0.1) is 0 Å². The van der Waals surface area contributed by atoms with Gasteiger partial charge in [0.1, 0.15) is 5.78 Å². The van der Waals surface area contributed by atoms with Crippen LogP contribution in [-0.2, 0) is 9.59 Å². The van der Waals surface area contributed by atoms with Crippen molar-refractivity contribution in [2.24, 2.45) is 0 Å². The Morgan fingerprint density at radius 3 is 1.76 bits per heavy atom. The molecule has 4 rings (SSSR count). The van der Waals surface area contributed by atoms with Gasteiger partial charge in [-0.15, -0.1) is 0 Å². The first-order valence-corrected chi connectivity index (χ1v) is 15.5. The molecule has 1 saturated heterocycles. The average molecular weight is 572 g/mol. The number of ketones is 1. The number of piperidine rings is 1. The molecule has 1 fully saturated rings. The Hall–Kier alpha value is -3.86. The van der Waals surface area contributed by atoms with Crippen LogP contribution in [0.2, 0.25) is 0 Å². The summed E-state index contributed by atoms with van der Waals surface area (Å²) in [6, 6.07) is 29.6. The van der Waals surface area contributed by atoms with E-state index in [1.165, 1.54) is 37.1 Å². The number of nitrogens with two attached hydrogens (primary N) is 1. The molecular formula is C37H53N3O2. The highest BCUT2D eigenvalue weighted by Gasteiger charge is 2.13. The Morgan fingerprint density at radius 1 is 0.762 bits per heavy atom. The minimum Gasteiger partial charge on any atom is -0.399 e. The largest absolute Gasteiger partial charge is 0.399 e. The van der Waals surface area contributed by atoms with E-state index >= 15 is 0 Å². The number of benzene rings is 3. The van der Waals surface area contributed by atoms with Crippen molar-refractivity contribution in [3.63, 3.8) is 0 Å². The van der Waals surface area contributed by atoms with E-state index in [0.29, 0.717) is 12.2 Å². The number of para-hydroxylation sites is 3. The Morgan fingerprint density at radius 2 is 1.29 bits per heavy atom. The second-order valence-corrected chi connectivity index (χ2v) is 10.5. The number of anilines is 3. The zero-order valence-electron chi connectivity index (χ0n) is 26.2. The van der Waals surface area contributed by atoms with Gasteiger partial charge < -0.3 is 20.7 Å². The molecule has 0 atom stereocenters. The quantitative estimate of drug-likeness (QED) is 0.188. The first kappa shape index (κ1) is 36.2. The summed E-state index contributed by atoms with van der Waals surface area (Å²) in [7, 11) is 0. The fourth-order valence-electron chi connectivity index (χ4n) is 4.17. The zero-order chi connectivity index (χ0) is 30.8. The number of hydrogen-bond donors (Lipinski definition) is 2. The molecule has 1 aliphatic rings. The van der Waals surface area contributed by atoms with Crippen molar-refractivity contribution in [2.45, 2.75) is 91.4 Å². The third kappa shape index (κ3) is 18.5. The molecule has 228 valence electrons. The van der Waals surface area contributed by atoms with Crippen LogP contribution in [0.15, 0.2) is 103 Å². The molecule has 1 amide bonds. The molecule has 0 bridgehead atoms. The smallest absolute Gasteiger partial charge is 0.224 e. The normalized spacial score (nSPS) is 11.9. The zero-order valence-corrected chi connectivity index (χ0v) is 26.2. The van der Waals surface area contributed by atoms with E-state index in [9.17, 15) is 9.59 Å².